The number of carbonyl (C=O) groups excluding carboxylic acids is 1. The zero-order valence-electron chi connectivity index (χ0n) is 9.55. The normalized spacial score (nSPS) is 10.1. The van der Waals surface area contributed by atoms with E-state index in [1.54, 1.807) is 24.3 Å². The smallest absolute Gasteiger partial charge is 0.225 e. The maximum Gasteiger partial charge on any atom is 0.225 e. The molecule has 1 heterocycles. The molecule has 0 aliphatic heterocycles. The van der Waals surface area contributed by atoms with Crippen LogP contribution in [-0.2, 0) is 0 Å². The van der Waals surface area contributed by atoms with Crippen molar-refractivity contribution in [2.75, 3.05) is 5.73 Å². The number of aromatic nitrogens is 2. The molecule has 0 saturated heterocycles. The molecule has 0 fully saturated rings. The van der Waals surface area contributed by atoms with Gasteiger partial charge in [-0.05, 0) is 31.2 Å². The van der Waals surface area contributed by atoms with Gasteiger partial charge in [-0.15, -0.1) is 0 Å². The Morgan fingerprint density at radius 2 is 1.94 bits per heavy atom. The quantitative estimate of drug-likeness (QED) is 0.680. The predicted molar refractivity (Wildman–Crippen MR) is 68.0 cm³/mol. The van der Waals surface area contributed by atoms with Crippen molar-refractivity contribution in [3.8, 4) is 11.6 Å². The van der Waals surface area contributed by atoms with E-state index < -0.39 is 0 Å². The number of nitrogens with zero attached hydrogens (tertiary/aromatic N) is 2. The van der Waals surface area contributed by atoms with Crippen molar-refractivity contribution in [3.05, 3.63) is 41.0 Å². The van der Waals surface area contributed by atoms with Gasteiger partial charge in [0.05, 0.1) is 0 Å². The molecule has 0 atom stereocenters. The van der Waals surface area contributed by atoms with Crippen LogP contribution in [0.5, 0.6) is 11.6 Å². The van der Waals surface area contributed by atoms with Crippen LogP contribution in [0.15, 0.2) is 30.3 Å². The maximum atomic E-state index is 11.1. The number of hydrogen-bond acceptors (Lipinski definition) is 5. The largest absolute Gasteiger partial charge is 0.439 e. The first-order valence-corrected chi connectivity index (χ1v) is 5.51. The van der Waals surface area contributed by atoms with Crippen LogP contribution in [0.4, 0.5) is 5.95 Å². The molecule has 0 radical (unpaired) electrons. The Labute approximate surface area is 109 Å². The van der Waals surface area contributed by atoms with E-state index in [1.165, 1.54) is 13.0 Å². The molecule has 1 aromatic heterocycles. The lowest BCUT2D eigenvalue weighted by molar-refractivity contribution is 0.101. The van der Waals surface area contributed by atoms with E-state index in [9.17, 15) is 4.79 Å². The van der Waals surface area contributed by atoms with Gasteiger partial charge in [0, 0.05) is 11.6 Å². The third kappa shape index (κ3) is 2.95. The standard InChI is InChI=1S/C12H10ClN3O2/c1-7(17)8-2-4-9(5-3-8)18-11-6-10(13)15-12(14)16-11/h2-6H,1H3,(H2,14,15,16). The lowest BCUT2D eigenvalue weighted by atomic mass is 10.1. The summed E-state index contributed by atoms with van der Waals surface area (Å²) in [5.74, 6) is 0.825. The van der Waals surface area contributed by atoms with Gasteiger partial charge in [-0.3, -0.25) is 4.79 Å². The molecule has 2 aromatic rings. The summed E-state index contributed by atoms with van der Waals surface area (Å²) >= 11 is 5.73. The first-order chi connectivity index (χ1) is 8.54. The van der Waals surface area contributed by atoms with Crippen LogP contribution in [-0.4, -0.2) is 15.8 Å². The minimum absolute atomic E-state index is 0.00382. The summed E-state index contributed by atoms with van der Waals surface area (Å²) < 4.78 is 5.45. The van der Waals surface area contributed by atoms with E-state index in [0.717, 1.165) is 0 Å². The Morgan fingerprint density at radius 1 is 1.28 bits per heavy atom. The number of carbonyl (C=O) groups is 1. The first-order valence-electron chi connectivity index (χ1n) is 5.13. The predicted octanol–water partition coefficient (Wildman–Crippen LogP) is 2.71. The summed E-state index contributed by atoms with van der Waals surface area (Å²) in [6, 6.07) is 8.14. The number of nitrogen functional groups attached to an aromatic ring is 1. The number of halogens is 1. The summed E-state index contributed by atoms with van der Waals surface area (Å²) in [5.41, 5.74) is 6.06. The van der Waals surface area contributed by atoms with E-state index in [1.807, 2.05) is 0 Å². The fourth-order valence-corrected chi connectivity index (χ4v) is 1.52. The van der Waals surface area contributed by atoms with Crippen LogP contribution in [0.3, 0.4) is 0 Å². The molecule has 0 unspecified atom stereocenters. The summed E-state index contributed by atoms with van der Waals surface area (Å²) in [6.07, 6.45) is 0. The second-order valence-corrected chi connectivity index (χ2v) is 3.96. The second-order valence-electron chi connectivity index (χ2n) is 3.57. The number of Topliss-reactive ketones (excluding diaryl/α,β-unsaturated/α-hetero) is 1. The highest BCUT2D eigenvalue weighted by atomic mass is 35.5. The van der Waals surface area contributed by atoms with Crippen LogP contribution in [0, 0.1) is 0 Å². The van der Waals surface area contributed by atoms with Gasteiger partial charge in [0.15, 0.2) is 5.78 Å². The third-order valence-corrected chi connectivity index (χ3v) is 2.37. The molecule has 6 heteroatoms. The highest BCUT2D eigenvalue weighted by molar-refractivity contribution is 6.29. The molecule has 0 aliphatic rings. The molecular formula is C12H10ClN3O2. The van der Waals surface area contributed by atoms with Crippen molar-refractivity contribution in [2.24, 2.45) is 0 Å². The zero-order valence-corrected chi connectivity index (χ0v) is 10.3. The molecule has 0 spiro atoms. The van der Waals surface area contributed by atoms with Crippen LogP contribution in [0.2, 0.25) is 5.15 Å². The van der Waals surface area contributed by atoms with Gasteiger partial charge < -0.3 is 10.5 Å². The molecule has 0 aliphatic carbocycles. The van der Waals surface area contributed by atoms with Crippen molar-refractivity contribution in [1.82, 2.24) is 9.97 Å². The average Bonchev–Trinajstić information content (AvgIpc) is 2.28. The molecule has 0 bridgehead atoms. The van der Waals surface area contributed by atoms with Gasteiger partial charge >= 0.3 is 0 Å². The topological polar surface area (TPSA) is 78.1 Å². The second kappa shape index (κ2) is 5.01. The van der Waals surface area contributed by atoms with Gasteiger partial charge in [0.1, 0.15) is 10.9 Å². The fourth-order valence-electron chi connectivity index (χ4n) is 1.34. The van der Waals surface area contributed by atoms with Gasteiger partial charge in [-0.2, -0.15) is 4.98 Å². The van der Waals surface area contributed by atoms with E-state index in [-0.39, 0.29) is 22.8 Å². The molecular weight excluding hydrogens is 254 g/mol. The van der Waals surface area contributed by atoms with Crippen LogP contribution in [0.1, 0.15) is 17.3 Å². The molecule has 92 valence electrons. The minimum Gasteiger partial charge on any atom is -0.439 e. The summed E-state index contributed by atoms with van der Waals surface area (Å²) in [7, 11) is 0. The Balaban J connectivity index is 2.20. The number of ether oxygens (including phenoxy) is 1. The Bertz CT molecular complexity index is 564. The van der Waals surface area contributed by atoms with Crippen molar-refractivity contribution >= 4 is 23.3 Å². The Kier molecular flexibility index (Phi) is 3.43. The lowest BCUT2D eigenvalue weighted by Gasteiger charge is -2.05. The van der Waals surface area contributed by atoms with Gasteiger partial charge in [0.2, 0.25) is 11.8 Å². The SMILES string of the molecule is CC(=O)c1ccc(Oc2cc(Cl)nc(N)n2)cc1. The van der Waals surface area contributed by atoms with Crippen molar-refractivity contribution in [3.63, 3.8) is 0 Å². The van der Waals surface area contributed by atoms with Gasteiger partial charge in [-0.25, -0.2) is 4.98 Å². The van der Waals surface area contributed by atoms with Crippen LogP contribution in [0.25, 0.3) is 0 Å². The molecule has 0 saturated carbocycles. The molecule has 1 aromatic carbocycles. The Hall–Kier alpha value is -2.14. The number of anilines is 1. The van der Waals surface area contributed by atoms with Gasteiger partial charge in [0.25, 0.3) is 0 Å². The van der Waals surface area contributed by atoms with E-state index in [4.69, 9.17) is 22.1 Å². The van der Waals surface area contributed by atoms with Crippen LogP contribution >= 0.6 is 11.6 Å². The van der Waals surface area contributed by atoms with Crippen molar-refractivity contribution < 1.29 is 9.53 Å². The molecule has 5 nitrogen and oxygen atoms in total. The molecule has 2 rings (SSSR count). The minimum atomic E-state index is -0.00382. The fraction of sp³-hybridized carbons (Fsp3) is 0.0833. The van der Waals surface area contributed by atoms with E-state index in [2.05, 4.69) is 9.97 Å². The number of hydrogen-bond donors (Lipinski definition) is 1. The lowest BCUT2D eigenvalue weighted by Crippen LogP contribution is -1.97. The molecule has 18 heavy (non-hydrogen) atoms. The van der Waals surface area contributed by atoms with Crippen LogP contribution < -0.4 is 10.5 Å². The van der Waals surface area contributed by atoms with Crippen molar-refractivity contribution in [2.45, 2.75) is 6.92 Å². The summed E-state index contributed by atoms with van der Waals surface area (Å²) in [6.45, 7) is 1.50. The van der Waals surface area contributed by atoms with E-state index >= 15 is 0 Å². The molecule has 2 N–H and O–H groups in total. The maximum absolute atomic E-state index is 11.1. The highest BCUT2D eigenvalue weighted by Crippen LogP contribution is 2.22. The first kappa shape index (κ1) is 12.3. The number of nitrogens with two attached hydrogens (primary N) is 1. The van der Waals surface area contributed by atoms with Crippen molar-refractivity contribution in [1.29, 1.82) is 0 Å². The number of ketones is 1. The zero-order chi connectivity index (χ0) is 13.1. The highest BCUT2D eigenvalue weighted by Gasteiger charge is 2.04. The average molecular weight is 264 g/mol. The molecule has 0 amide bonds. The number of benzene rings is 1. The monoisotopic (exact) mass is 263 g/mol. The van der Waals surface area contributed by atoms with E-state index in [0.29, 0.717) is 11.3 Å². The summed E-state index contributed by atoms with van der Waals surface area (Å²) in [5, 5.41) is 0.206. The summed E-state index contributed by atoms with van der Waals surface area (Å²) in [4.78, 5) is 18.7. The third-order valence-electron chi connectivity index (χ3n) is 2.17. The number of rotatable bonds is 3. The van der Waals surface area contributed by atoms with Gasteiger partial charge in [-0.1, -0.05) is 11.6 Å². The Morgan fingerprint density at radius 3 is 2.50 bits per heavy atom.